The summed E-state index contributed by atoms with van der Waals surface area (Å²) in [5, 5.41) is 0.906. The molecular weight excluding hydrogens is 424 g/mol. The zero-order chi connectivity index (χ0) is 21.5. The van der Waals surface area contributed by atoms with Crippen LogP contribution in [0.15, 0.2) is 47.4 Å². The molecule has 31 heavy (non-hydrogen) atoms. The number of carbonyl (C=O) groups excluding carboxylic acids is 1. The molecule has 4 aromatic rings. The number of imidazole rings is 1. The van der Waals surface area contributed by atoms with Gasteiger partial charge in [-0.3, -0.25) is 4.79 Å². The number of benzene rings is 2. The average molecular weight is 449 g/mol. The molecule has 0 unspecified atom stereocenters. The van der Waals surface area contributed by atoms with Crippen LogP contribution in [-0.4, -0.2) is 38.6 Å². The summed E-state index contributed by atoms with van der Waals surface area (Å²) in [6.07, 6.45) is 3.93. The summed E-state index contributed by atoms with van der Waals surface area (Å²) in [5.41, 5.74) is 4.80. The van der Waals surface area contributed by atoms with Crippen molar-refractivity contribution in [1.82, 2.24) is 19.9 Å². The van der Waals surface area contributed by atoms with Crippen LogP contribution in [0.1, 0.15) is 45.8 Å². The minimum Gasteiger partial charge on any atom is -0.340 e. The number of hydrogen-bond donors (Lipinski definition) is 1. The lowest BCUT2D eigenvalue weighted by Gasteiger charge is -2.22. The van der Waals surface area contributed by atoms with Gasteiger partial charge in [0.2, 0.25) is 0 Å². The van der Waals surface area contributed by atoms with Crippen molar-refractivity contribution in [2.75, 3.05) is 12.8 Å². The number of carbonyl (C=O) groups is 1. The number of aryl methyl sites for hydroxylation is 2. The zero-order valence-corrected chi connectivity index (χ0v) is 19.4. The number of thiazole rings is 1. The Kier molecular flexibility index (Phi) is 5.32. The van der Waals surface area contributed by atoms with Gasteiger partial charge in [0.1, 0.15) is 17.0 Å². The van der Waals surface area contributed by atoms with Gasteiger partial charge in [0.25, 0.3) is 5.91 Å². The number of rotatable bonds is 4. The molecule has 1 aliphatic heterocycles. The van der Waals surface area contributed by atoms with E-state index in [0.29, 0.717) is 5.69 Å². The second-order valence-electron chi connectivity index (χ2n) is 7.91. The van der Waals surface area contributed by atoms with Gasteiger partial charge in [-0.15, -0.1) is 23.1 Å². The maximum absolute atomic E-state index is 13.7. The number of aromatic nitrogens is 3. The normalized spacial score (nSPS) is 16.4. The number of hydrogen-bond acceptors (Lipinski definition) is 5. The second-order valence-corrected chi connectivity index (χ2v) is 9.96. The maximum atomic E-state index is 13.7. The molecule has 1 amide bonds. The van der Waals surface area contributed by atoms with Gasteiger partial charge in [0.05, 0.1) is 21.4 Å². The van der Waals surface area contributed by atoms with Crippen LogP contribution in [0.4, 0.5) is 0 Å². The third-order valence-electron chi connectivity index (χ3n) is 5.79. The third kappa shape index (κ3) is 3.66. The third-order valence-corrected chi connectivity index (χ3v) is 7.58. The number of aromatic amines is 1. The van der Waals surface area contributed by atoms with E-state index in [2.05, 4.69) is 53.5 Å². The number of likely N-dealkylation sites (tertiary alicyclic amines) is 1. The van der Waals surface area contributed by atoms with E-state index in [-0.39, 0.29) is 11.9 Å². The molecule has 0 radical (unpaired) electrons. The summed E-state index contributed by atoms with van der Waals surface area (Å²) < 4.78 is 0. The van der Waals surface area contributed by atoms with Crippen LogP contribution in [0.25, 0.3) is 21.5 Å². The molecule has 2 aromatic heterocycles. The largest absolute Gasteiger partial charge is 0.340 e. The van der Waals surface area contributed by atoms with Gasteiger partial charge < -0.3 is 9.88 Å². The van der Waals surface area contributed by atoms with Crippen LogP contribution in [0.3, 0.4) is 0 Å². The number of para-hydroxylation sites is 1. The Morgan fingerprint density at radius 3 is 2.74 bits per heavy atom. The molecule has 7 heteroatoms. The number of nitrogens with one attached hydrogen (secondary N) is 1. The van der Waals surface area contributed by atoms with Crippen molar-refractivity contribution < 1.29 is 4.79 Å². The van der Waals surface area contributed by atoms with Crippen molar-refractivity contribution in [1.29, 1.82) is 0 Å². The Labute approximate surface area is 189 Å². The molecule has 1 saturated heterocycles. The first-order valence-corrected chi connectivity index (χ1v) is 12.5. The maximum Gasteiger partial charge on any atom is 0.274 e. The Morgan fingerprint density at radius 1 is 1.16 bits per heavy atom. The van der Waals surface area contributed by atoms with Crippen molar-refractivity contribution >= 4 is 40.0 Å². The van der Waals surface area contributed by atoms with E-state index in [1.165, 1.54) is 5.56 Å². The number of fused-ring (bicyclic) bond motifs is 1. The molecule has 1 fully saturated rings. The fourth-order valence-electron chi connectivity index (χ4n) is 4.25. The highest BCUT2D eigenvalue weighted by Crippen LogP contribution is 2.37. The molecule has 1 N–H and O–H groups in total. The van der Waals surface area contributed by atoms with Crippen molar-refractivity contribution in [2.24, 2.45) is 0 Å². The molecule has 5 nitrogen and oxygen atoms in total. The lowest BCUT2D eigenvalue weighted by atomic mass is 10.1. The van der Waals surface area contributed by atoms with Crippen molar-refractivity contribution in [3.63, 3.8) is 0 Å². The summed E-state index contributed by atoms with van der Waals surface area (Å²) >= 11 is 3.27. The van der Waals surface area contributed by atoms with Crippen LogP contribution in [-0.2, 0) is 0 Å². The van der Waals surface area contributed by atoms with Crippen LogP contribution in [0, 0.1) is 13.8 Å². The van der Waals surface area contributed by atoms with Gasteiger partial charge in [-0.05, 0) is 50.6 Å². The minimum absolute atomic E-state index is 0.00651. The summed E-state index contributed by atoms with van der Waals surface area (Å²) in [7, 11) is 0. The van der Waals surface area contributed by atoms with E-state index < -0.39 is 0 Å². The van der Waals surface area contributed by atoms with E-state index in [1.54, 1.807) is 23.1 Å². The van der Waals surface area contributed by atoms with Gasteiger partial charge >= 0.3 is 0 Å². The van der Waals surface area contributed by atoms with Gasteiger partial charge in [0.15, 0.2) is 0 Å². The molecule has 158 valence electrons. The van der Waals surface area contributed by atoms with Crippen LogP contribution in [0.5, 0.6) is 0 Å². The summed E-state index contributed by atoms with van der Waals surface area (Å²) in [6.45, 7) is 4.75. The molecule has 2 aromatic carbocycles. The van der Waals surface area contributed by atoms with E-state index in [1.807, 2.05) is 24.0 Å². The highest BCUT2D eigenvalue weighted by molar-refractivity contribution is 7.98. The SMILES string of the molecule is CSc1cccc2[nH]c([C@@H]3CCCN3C(=O)c3nc(C)sc3-c3ccc(C)cc3)nc12. The molecule has 0 spiro atoms. The predicted molar refractivity (Wildman–Crippen MR) is 128 cm³/mol. The Hall–Kier alpha value is -2.64. The smallest absolute Gasteiger partial charge is 0.274 e. The van der Waals surface area contributed by atoms with Crippen molar-refractivity contribution in [3.05, 3.63) is 64.6 Å². The Balaban J connectivity index is 1.51. The van der Waals surface area contributed by atoms with Gasteiger partial charge in [-0.2, -0.15) is 0 Å². The zero-order valence-electron chi connectivity index (χ0n) is 17.8. The highest BCUT2D eigenvalue weighted by Gasteiger charge is 2.35. The number of H-pyrrole nitrogens is 1. The fourth-order valence-corrected chi connectivity index (χ4v) is 5.73. The monoisotopic (exact) mass is 448 g/mol. The van der Waals surface area contributed by atoms with E-state index in [0.717, 1.165) is 56.6 Å². The average Bonchev–Trinajstić information content (AvgIpc) is 3.50. The number of thioether (sulfide) groups is 1. The molecule has 1 atom stereocenters. The fraction of sp³-hybridized carbons (Fsp3) is 0.292. The van der Waals surface area contributed by atoms with E-state index in [9.17, 15) is 4.79 Å². The number of amides is 1. The summed E-state index contributed by atoms with van der Waals surface area (Å²) in [4.78, 5) is 30.7. The van der Waals surface area contributed by atoms with Crippen LogP contribution < -0.4 is 0 Å². The summed E-state index contributed by atoms with van der Waals surface area (Å²) in [5.74, 6) is 0.860. The van der Waals surface area contributed by atoms with Crippen molar-refractivity contribution in [3.8, 4) is 10.4 Å². The molecule has 0 aliphatic carbocycles. The molecule has 3 heterocycles. The van der Waals surface area contributed by atoms with Crippen LogP contribution in [0.2, 0.25) is 0 Å². The molecule has 0 bridgehead atoms. The standard InChI is InChI=1S/C24H24N4OS2/c1-14-9-11-16(12-10-14)22-21(25-15(2)31-22)24(29)28-13-5-7-18(28)23-26-17-6-4-8-19(30-3)20(17)27-23/h4,6,8-12,18H,5,7,13H2,1-3H3,(H,26,27)/t18-/m0/s1. The van der Waals surface area contributed by atoms with Gasteiger partial charge in [0, 0.05) is 11.4 Å². The van der Waals surface area contributed by atoms with Crippen LogP contribution >= 0.6 is 23.1 Å². The first-order valence-electron chi connectivity index (χ1n) is 10.4. The van der Waals surface area contributed by atoms with Gasteiger partial charge in [-0.1, -0.05) is 35.9 Å². The first-order chi connectivity index (χ1) is 15.0. The lowest BCUT2D eigenvalue weighted by Crippen LogP contribution is -2.31. The predicted octanol–water partition coefficient (Wildman–Crippen LogP) is 6.00. The quantitative estimate of drug-likeness (QED) is 0.389. The minimum atomic E-state index is -0.0533. The molecule has 0 saturated carbocycles. The number of nitrogens with zero attached hydrogens (tertiary/aromatic N) is 3. The second kappa shape index (κ2) is 8.13. The lowest BCUT2D eigenvalue weighted by molar-refractivity contribution is 0.0726. The Morgan fingerprint density at radius 2 is 1.97 bits per heavy atom. The van der Waals surface area contributed by atoms with Gasteiger partial charge in [-0.25, -0.2) is 9.97 Å². The Bertz CT molecular complexity index is 1260. The molecule has 5 rings (SSSR count). The van der Waals surface area contributed by atoms with Crippen molar-refractivity contribution in [2.45, 2.75) is 37.6 Å². The van der Waals surface area contributed by atoms with E-state index >= 15 is 0 Å². The molecule has 1 aliphatic rings. The first kappa shape index (κ1) is 20.3. The topological polar surface area (TPSA) is 61.9 Å². The molecular formula is C24H24N4OS2. The highest BCUT2D eigenvalue weighted by atomic mass is 32.2. The van der Waals surface area contributed by atoms with E-state index in [4.69, 9.17) is 4.98 Å². The summed E-state index contributed by atoms with van der Waals surface area (Å²) in [6, 6.07) is 14.4.